The summed E-state index contributed by atoms with van der Waals surface area (Å²) in [4.78, 5) is 22.3. The highest BCUT2D eigenvalue weighted by Crippen LogP contribution is 2.17. The van der Waals surface area contributed by atoms with Crippen molar-refractivity contribution in [3.05, 3.63) is 42.4 Å². The molecule has 1 aromatic heterocycles. The number of carboxylic acid groups (broad SMARTS) is 1. The van der Waals surface area contributed by atoms with Crippen LogP contribution in [0.25, 0.3) is 6.08 Å². The number of hydrogen-bond acceptors (Lipinski definition) is 3. The van der Waals surface area contributed by atoms with E-state index in [1.807, 2.05) is 0 Å². The Bertz CT molecular complexity index is 487. The van der Waals surface area contributed by atoms with Gasteiger partial charge >= 0.3 is 5.97 Å². The van der Waals surface area contributed by atoms with Crippen LogP contribution >= 0.6 is 0 Å². The summed E-state index contributed by atoms with van der Waals surface area (Å²) in [5.41, 5.74) is 0. The van der Waals surface area contributed by atoms with Crippen LogP contribution in [0.3, 0.4) is 0 Å². The highest BCUT2D eigenvalue weighted by molar-refractivity contribution is 5.91. The van der Waals surface area contributed by atoms with Crippen molar-refractivity contribution in [2.75, 3.05) is 0 Å². The molecule has 2 atom stereocenters. The van der Waals surface area contributed by atoms with Crippen LogP contribution in [0.1, 0.15) is 12.2 Å². The van der Waals surface area contributed by atoms with Gasteiger partial charge in [0.1, 0.15) is 5.76 Å². The maximum atomic E-state index is 11.5. The van der Waals surface area contributed by atoms with Gasteiger partial charge in [-0.15, -0.1) is 0 Å². The summed E-state index contributed by atoms with van der Waals surface area (Å²) in [6, 6.07) is 3.24. The SMILES string of the molecule is O=C(C=Cc1ccco1)NC1C=CC(C(=O)O)C1. The molecule has 18 heavy (non-hydrogen) atoms. The average molecular weight is 247 g/mol. The van der Waals surface area contributed by atoms with Gasteiger partial charge in [0.15, 0.2) is 0 Å². The third kappa shape index (κ3) is 3.10. The molecule has 0 saturated heterocycles. The van der Waals surface area contributed by atoms with Crippen LogP contribution in [0.2, 0.25) is 0 Å². The van der Waals surface area contributed by atoms with Crippen LogP contribution in [-0.4, -0.2) is 23.0 Å². The lowest BCUT2D eigenvalue weighted by molar-refractivity contribution is -0.140. The Balaban J connectivity index is 1.83. The zero-order valence-electron chi connectivity index (χ0n) is 9.58. The van der Waals surface area contributed by atoms with Crippen molar-refractivity contribution in [2.24, 2.45) is 5.92 Å². The molecule has 2 rings (SSSR count). The third-order valence-corrected chi connectivity index (χ3v) is 2.67. The Labute approximate surface area is 104 Å². The first-order chi connectivity index (χ1) is 8.65. The molecule has 1 aliphatic rings. The highest BCUT2D eigenvalue weighted by atomic mass is 16.4. The maximum absolute atomic E-state index is 11.5. The van der Waals surface area contributed by atoms with E-state index in [2.05, 4.69) is 5.32 Å². The number of rotatable bonds is 4. The molecule has 0 spiro atoms. The fourth-order valence-corrected chi connectivity index (χ4v) is 1.76. The lowest BCUT2D eigenvalue weighted by atomic mass is 10.1. The summed E-state index contributed by atoms with van der Waals surface area (Å²) in [6.07, 6.45) is 8.15. The van der Waals surface area contributed by atoms with E-state index in [1.54, 1.807) is 30.4 Å². The summed E-state index contributed by atoms with van der Waals surface area (Å²) in [6.45, 7) is 0. The van der Waals surface area contributed by atoms with Crippen LogP contribution in [0, 0.1) is 5.92 Å². The van der Waals surface area contributed by atoms with Crippen LogP contribution in [0.5, 0.6) is 0 Å². The van der Waals surface area contributed by atoms with Gasteiger partial charge in [0.25, 0.3) is 0 Å². The third-order valence-electron chi connectivity index (χ3n) is 2.67. The molecule has 0 aliphatic heterocycles. The molecule has 94 valence electrons. The lowest BCUT2D eigenvalue weighted by Crippen LogP contribution is -2.31. The molecule has 1 aliphatic carbocycles. The smallest absolute Gasteiger partial charge is 0.310 e. The Kier molecular flexibility index (Phi) is 3.62. The van der Waals surface area contributed by atoms with Crippen LogP contribution < -0.4 is 5.32 Å². The van der Waals surface area contributed by atoms with Gasteiger partial charge in [-0.05, 0) is 24.6 Å². The summed E-state index contributed by atoms with van der Waals surface area (Å²) in [5.74, 6) is -1.05. The standard InChI is InChI=1S/C13H13NO4/c15-12(6-5-11-2-1-7-18-11)14-10-4-3-9(8-10)13(16)17/h1-7,9-10H,8H2,(H,14,15)(H,16,17). The molecule has 5 nitrogen and oxygen atoms in total. The molecule has 5 heteroatoms. The number of carbonyl (C=O) groups excluding carboxylic acids is 1. The van der Waals surface area contributed by atoms with E-state index in [1.165, 1.54) is 12.3 Å². The van der Waals surface area contributed by atoms with Gasteiger partial charge in [0.05, 0.1) is 12.2 Å². The normalized spacial score (nSPS) is 22.4. The number of carbonyl (C=O) groups is 2. The first kappa shape index (κ1) is 12.2. The minimum Gasteiger partial charge on any atom is -0.481 e. The molecule has 2 N–H and O–H groups in total. The van der Waals surface area contributed by atoms with Gasteiger partial charge in [0.2, 0.25) is 5.91 Å². The van der Waals surface area contributed by atoms with Crippen molar-refractivity contribution in [1.82, 2.24) is 5.32 Å². The quantitative estimate of drug-likeness (QED) is 0.623. The summed E-state index contributed by atoms with van der Waals surface area (Å²) in [5, 5.41) is 11.5. The van der Waals surface area contributed by atoms with E-state index >= 15 is 0 Å². The Morgan fingerprint density at radius 2 is 2.28 bits per heavy atom. The Morgan fingerprint density at radius 1 is 1.44 bits per heavy atom. The Morgan fingerprint density at radius 3 is 2.89 bits per heavy atom. The van der Waals surface area contributed by atoms with Crippen molar-refractivity contribution in [1.29, 1.82) is 0 Å². The molecular weight excluding hydrogens is 234 g/mol. The fourth-order valence-electron chi connectivity index (χ4n) is 1.76. The second-order valence-electron chi connectivity index (χ2n) is 4.03. The fraction of sp³-hybridized carbons (Fsp3) is 0.231. The van der Waals surface area contributed by atoms with Gasteiger partial charge in [0, 0.05) is 12.1 Å². The summed E-state index contributed by atoms with van der Waals surface area (Å²) < 4.78 is 5.04. The second kappa shape index (κ2) is 5.35. The van der Waals surface area contributed by atoms with Crippen LogP contribution in [0.4, 0.5) is 0 Å². The number of carboxylic acids is 1. The topological polar surface area (TPSA) is 79.5 Å². The number of amides is 1. The van der Waals surface area contributed by atoms with Crippen molar-refractivity contribution in [3.63, 3.8) is 0 Å². The van der Waals surface area contributed by atoms with Crippen molar-refractivity contribution in [3.8, 4) is 0 Å². The van der Waals surface area contributed by atoms with Gasteiger partial charge < -0.3 is 14.8 Å². The minimum atomic E-state index is -0.867. The van der Waals surface area contributed by atoms with E-state index in [0.29, 0.717) is 12.2 Å². The molecule has 0 bridgehead atoms. The largest absolute Gasteiger partial charge is 0.481 e. The molecule has 0 fully saturated rings. The number of furan rings is 1. The zero-order valence-corrected chi connectivity index (χ0v) is 9.58. The van der Waals surface area contributed by atoms with E-state index in [4.69, 9.17) is 9.52 Å². The maximum Gasteiger partial charge on any atom is 0.310 e. The molecule has 0 saturated carbocycles. The predicted octanol–water partition coefficient (Wildman–Crippen LogP) is 1.44. The molecule has 0 aromatic carbocycles. The first-order valence-electron chi connectivity index (χ1n) is 5.58. The van der Waals surface area contributed by atoms with Crippen LogP contribution in [-0.2, 0) is 9.59 Å². The van der Waals surface area contributed by atoms with Gasteiger partial charge in [-0.25, -0.2) is 0 Å². The Hall–Kier alpha value is -2.30. The molecule has 1 aromatic rings. The minimum absolute atomic E-state index is 0.222. The number of aliphatic carboxylic acids is 1. The first-order valence-corrected chi connectivity index (χ1v) is 5.58. The second-order valence-corrected chi connectivity index (χ2v) is 4.03. The van der Waals surface area contributed by atoms with E-state index in [-0.39, 0.29) is 11.9 Å². The van der Waals surface area contributed by atoms with Crippen molar-refractivity contribution >= 4 is 18.0 Å². The van der Waals surface area contributed by atoms with E-state index in [0.717, 1.165) is 0 Å². The molecule has 0 radical (unpaired) electrons. The predicted molar refractivity (Wildman–Crippen MR) is 64.6 cm³/mol. The molecule has 1 amide bonds. The summed E-state index contributed by atoms with van der Waals surface area (Å²) in [7, 11) is 0. The molecule has 2 unspecified atom stereocenters. The zero-order chi connectivity index (χ0) is 13.0. The summed E-state index contributed by atoms with van der Waals surface area (Å²) >= 11 is 0. The molecular formula is C13H13NO4. The lowest BCUT2D eigenvalue weighted by Gasteiger charge is -2.09. The number of nitrogens with one attached hydrogen (secondary N) is 1. The van der Waals surface area contributed by atoms with Crippen molar-refractivity contribution in [2.45, 2.75) is 12.5 Å². The monoisotopic (exact) mass is 247 g/mol. The molecule has 1 heterocycles. The van der Waals surface area contributed by atoms with Crippen LogP contribution in [0.15, 0.2) is 41.0 Å². The van der Waals surface area contributed by atoms with Crippen molar-refractivity contribution < 1.29 is 19.1 Å². The van der Waals surface area contributed by atoms with Gasteiger partial charge in [-0.1, -0.05) is 12.2 Å². The van der Waals surface area contributed by atoms with E-state index in [9.17, 15) is 9.59 Å². The average Bonchev–Trinajstić information content (AvgIpc) is 2.96. The highest BCUT2D eigenvalue weighted by Gasteiger charge is 2.24. The number of hydrogen-bond donors (Lipinski definition) is 2. The van der Waals surface area contributed by atoms with Gasteiger partial charge in [-0.3, -0.25) is 9.59 Å². The van der Waals surface area contributed by atoms with Gasteiger partial charge in [-0.2, -0.15) is 0 Å². The van der Waals surface area contributed by atoms with E-state index < -0.39 is 11.9 Å².